The van der Waals surface area contributed by atoms with Gasteiger partial charge in [0.2, 0.25) is 0 Å². The van der Waals surface area contributed by atoms with E-state index in [4.69, 9.17) is 20.6 Å². The van der Waals surface area contributed by atoms with Gasteiger partial charge in [-0.15, -0.1) is 0 Å². The highest BCUT2D eigenvalue weighted by molar-refractivity contribution is 5.84. The van der Waals surface area contributed by atoms with Crippen LogP contribution in [0.5, 0.6) is 11.5 Å². The van der Waals surface area contributed by atoms with Gasteiger partial charge in [-0.2, -0.15) is 0 Å². The van der Waals surface area contributed by atoms with E-state index in [0.717, 1.165) is 0 Å². The molecule has 1 rings (SSSR count). The first-order valence-corrected chi connectivity index (χ1v) is 5.75. The molecular weight excluding hydrogens is 252 g/mol. The molecule has 0 heterocycles. The fourth-order valence-electron chi connectivity index (χ4n) is 1.20. The molecule has 0 spiro atoms. The zero-order valence-corrected chi connectivity index (χ0v) is 10.7. The van der Waals surface area contributed by atoms with Crippen molar-refractivity contribution in [1.82, 2.24) is 0 Å². The molecule has 1 aromatic carbocycles. The minimum Gasteiger partial charge on any atom is -0.504 e. The third-order valence-corrected chi connectivity index (χ3v) is 2.07. The van der Waals surface area contributed by atoms with Crippen molar-refractivity contribution in [2.24, 2.45) is 11.1 Å². The van der Waals surface area contributed by atoms with Gasteiger partial charge in [0.25, 0.3) is 0 Å². The van der Waals surface area contributed by atoms with Gasteiger partial charge in [-0.3, -0.25) is 0 Å². The summed E-state index contributed by atoms with van der Waals surface area (Å²) in [5.41, 5.74) is 0.441. The fourth-order valence-corrected chi connectivity index (χ4v) is 1.20. The van der Waals surface area contributed by atoms with Crippen molar-refractivity contribution < 1.29 is 24.6 Å². The molecule has 4 N–H and O–H groups in total. The SMILES string of the molecule is C[C@H](O)COc1cccc(/C=N/OCCON)c1O. The van der Waals surface area contributed by atoms with Crippen LogP contribution in [0.15, 0.2) is 23.4 Å². The molecule has 19 heavy (non-hydrogen) atoms. The summed E-state index contributed by atoms with van der Waals surface area (Å²) >= 11 is 0. The van der Waals surface area contributed by atoms with Crippen LogP contribution in [-0.4, -0.2) is 42.4 Å². The second kappa shape index (κ2) is 8.30. The highest BCUT2D eigenvalue weighted by Gasteiger charge is 2.07. The lowest BCUT2D eigenvalue weighted by molar-refractivity contribution is 0.0515. The largest absolute Gasteiger partial charge is 0.504 e. The van der Waals surface area contributed by atoms with Crippen LogP contribution in [0.25, 0.3) is 0 Å². The van der Waals surface area contributed by atoms with Crippen LogP contribution in [-0.2, 0) is 9.68 Å². The summed E-state index contributed by atoms with van der Waals surface area (Å²) in [6, 6.07) is 4.94. The van der Waals surface area contributed by atoms with Crippen LogP contribution in [0, 0.1) is 0 Å². The maximum atomic E-state index is 9.91. The van der Waals surface area contributed by atoms with E-state index in [1.807, 2.05) is 0 Å². The number of phenols is 1. The molecule has 7 nitrogen and oxygen atoms in total. The summed E-state index contributed by atoms with van der Waals surface area (Å²) in [6.07, 6.45) is 0.734. The Labute approximate surface area is 111 Å². The van der Waals surface area contributed by atoms with Crippen molar-refractivity contribution in [2.45, 2.75) is 13.0 Å². The molecule has 0 saturated carbocycles. The minimum absolute atomic E-state index is 0.0643. The highest BCUT2D eigenvalue weighted by atomic mass is 16.7. The molecule has 0 fully saturated rings. The summed E-state index contributed by atoms with van der Waals surface area (Å²) in [6.45, 7) is 2.13. The predicted molar refractivity (Wildman–Crippen MR) is 69.0 cm³/mol. The summed E-state index contributed by atoms with van der Waals surface area (Å²) in [7, 11) is 0. The molecule has 0 radical (unpaired) electrons. The molecule has 0 aromatic heterocycles. The minimum atomic E-state index is -0.615. The number of para-hydroxylation sites is 1. The zero-order valence-electron chi connectivity index (χ0n) is 10.7. The number of aliphatic hydroxyl groups excluding tert-OH is 1. The van der Waals surface area contributed by atoms with Gasteiger partial charge in [-0.25, -0.2) is 5.90 Å². The zero-order chi connectivity index (χ0) is 14.1. The number of hydrogen-bond acceptors (Lipinski definition) is 7. The Bertz CT molecular complexity index is 409. The number of rotatable bonds is 8. The van der Waals surface area contributed by atoms with Crippen molar-refractivity contribution in [1.29, 1.82) is 0 Å². The molecule has 0 bridgehead atoms. The molecule has 0 unspecified atom stereocenters. The predicted octanol–water partition coefficient (Wildman–Crippen LogP) is 0.393. The number of aromatic hydroxyl groups is 1. The number of phenolic OH excluding ortho intramolecular Hbond substituents is 1. The molecule has 0 aliphatic rings. The van der Waals surface area contributed by atoms with Crippen LogP contribution in [0.3, 0.4) is 0 Å². The van der Waals surface area contributed by atoms with Gasteiger partial charge in [0, 0.05) is 5.56 Å². The van der Waals surface area contributed by atoms with Gasteiger partial charge >= 0.3 is 0 Å². The van der Waals surface area contributed by atoms with Crippen LogP contribution < -0.4 is 10.6 Å². The maximum Gasteiger partial charge on any atom is 0.166 e. The van der Waals surface area contributed by atoms with Crippen molar-refractivity contribution in [3.05, 3.63) is 23.8 Å². The summed E-state index contributed by atoms with van der Waals surface area (Å²) < 4.78 is 5.24. The van der Waals surface area contributed by atoms with E-state index in [2.05, 4.69) is 9.99 Å². The number of ether oxygens (including phenoxy) is 1. The Morgan fingerprint density at radius 2 is 2.21 bits per heavy atom. The molecule has 0 aliphatic heterocycles. The first-order chi connectivity index (χ1) is 9.15. The number of nitrogens with zero attached hydrogens (tertiary/aromatic N) is 1. The summed E-state index contributed by atoms with van der Waals surface area (Å²) in [5, 5.41) is 22.7. The molecule has 0 saturated heterocycles. The number of benzene rings is 1. The second-order valence-corrected chi connectivity index (χ2v) is 3.79. The van der Waals surface area contributed by atoms with Crippen LogP contribution in [0.2, 0.25) is 0 Å². The molecule has 7 heteroatoms. The highest BCUT2D eigenvalue weighted by Crippen LogP contribution is 2.28. The van der Waals surface area contributed by atoms with Crippen LogP contribution >= 0.6 is 0 Å². The molecule has 106 valence electrons. The van der Waals surface area contributed by atoms with E-state index in [0.29, 0.717) is 5.56 Å². The standard InChI is InChI=1S/C12H18N2O5/c1-9(15)8-17-11-4-2-3-10(12(11)16)7-14-19-6-5-18-13/h2-4,7,9,15-16H,5-6,8,13H2,1H3/b14-7+/t9-/m0/s1. The topological polar surface area (TPSA) is 107 Å². The monoisotopic (exact) mass is 270 g/mol. The average molecular weight is 270 g/mol. The van der Waals surface area contributed by atoms with Gasteiger partial charge in [0.15, 0.2) is 11.5 Å². The van der Waals surface area contributed by atoms with Crippen LogP contribution in [0.1, 0.15) is 12.5 Å². The first-order valence-electron chi connectivity index (χ1n) is 5.75. The number of nitrogens with two attached hydrogens (primary N) is 1. The van der Waals surface area contributed by atoms with E-state index in [-0.39, 0.29) is 31.3 Å². The number of oxime groups is 1. The Balaban J connectivity index is 2.61. The van der Waals surface area contributed by atoms with Gasteiger partial charge in [0.05, 0.1) is 12.3 Å². The summed E-state index contributed by atoms with van der Waals surface area (Å²) in [4.78, 5) is 9.14. The van der Waals surface area contributed by atoms with Crippen molar-refractivity contribution in [3.8, 4) is 11.5 Å². The van der Waals surface area contributed by atoms with Crippen molar-refractivity contribution in [3.63, 3.8) is 0 Å². The Morgan fingerprint density at radius 3 is 2.89 bits per heavy atom. The summed E-state index contributed by atoms with van der Waals surface area (Å²) in [5.74, 6) is 5.02. The van der Waals surface area contributed by atoms with Gasteiger partial charge in [-0.05, 0) is 19.1 Å². The maximum absolute atomic E-state index is 9.91. The lowest BCUT2D eigenvalue weighted by Gasteiger charge is -2.10. The Kier molecular flexibility index (Phi) is 6.65. The molecule has 0 aliphatic carbocycles. The normalized spacial score (nSPS) is 12.6. The smallest absolute Gasteiger partial charge is 0.166 e. The van der Waals surface area contributed by atoms with E-state index in [1.54, 1.807) is 25.1 Å². The average Bonchev–Trinajstić information content (AvgIpc) is 2.38. The Morgan fingerprint density at radius 1 is 1.42 bits per heavy atom. The van der Waals surface area contributed by atoms with E-state index >= 15 is 0 Å². The molecule has 0 amide bonds. The lowest BCUT2D eigenvalue weighted by atomic mass is 10.2. The first kappa shape index (κ1) is 15.2. The van der Waals surface area contributed by atoms with Gasteiger partial charge < -0.3 is 24.6 Å². The number of hydrogen-bond donors (Lipinski definition) is 3. The molecule has 1 atom stereocenters. The van der Waals surface area contributed by atoms with Crippen LogP contribution in [0.4, 0.5) is 0 Å². The number of aliphatic hydroxyl groups is 1. The quantitative estimate of drug-likeness (QED) is 0.358. The van der Waals surface area contributed by atoms with Crippen molar-refractivity contribution in [2.75, 3.05) is 19.8 Å². The third-order valence-electron chi connectivity index (χ3n) is 2.07. The second-order valence-electron chi connectivity index (χ2n) is 3.79. The van der Waals surface area contributed by atoms with E-state index in [9.17, 15) is 5.11 Å². The van der Waals surface area contributed by atoms with Gasteiger partial charge in [0.1, 0.15) is 19.8 Å². The molecular formula is C12H18N2O5. The third kappa shape index (κ3) is 5.56. The van der Waals surface area contributed by atoms with Crippen molar-refractivity contribution >= 4 is 6.21 Å². The molecule has 1 aromatic rings. The lowest BCUT2D eigenvalue weighted by Crippen LogP contribution is -2.12. The van der Waals surface area contributed by atoms with Gasteiger partial charge in [-0.1, -0.05) is 11.2 Å². The van der Waals surface area contributed by atoms with E-state index in [1.165, 1.54) is 6.21 Å². The van der Waals surface area contributed by atoms with E-state index < -0.39 is 6.10 Å². The Hall–Kier alpha value is -1.83. The fraction of sp³-hybridized carbons (Fsp3) is 0.417.